The minimum atomic E-state index is 0. The van der Waals surface area contributed by atoms with Crippen molar-refractivity contribution >= 4 is 35.8 Å². The summed E-state index contributed by atoms with van der Waals surface area (Å²) >= 11 is 0. The summed E-state index contributed by atoms with van der Waals surface area (Å²) in [5.74, 6) is 0.729. The van der Waals surface area contributed by atoms with E-state index in [0.29, 0.717) is 45.3 Å². The van der Waals surface area contributed by atoms with Crippen molar-refractivity contribution in [2.45, 2.75) is 52.5 Å². The first-order valence-corrected chi connectivity index (χ1v) is 9.03. The number of rotatable bonds is 14. The van der Waals surface area contributed by atoms with Gasteiger partial charge in [-0.2, -0.15) is 0 Å². The zero-order valence-electron chi connectivity index (χ0n) is 16.2. The number of carbonyl (C=O) groups excluding carboxylic acids is 1. The number of carbonyl (C=O) groups is 1. The molecule has 25 heavy (non-hydrogen) atoms. The van der Waals surface area contributed by atoms with Gasteiger partial charge >= 0.3 is 0 Å². The van der Waals surface area contributed by atoms with Gasteiger partial charge in [0.1, 0.15) is 0 Å². The van der Waals surface area contributed by atoms with E-state index in [9.17, 15) is 4.79 Å². The Bertz CT molecular complexity index is 344. The topological polar surface area (TPSA) is 84.0 Å². The summed E-state index contributed by atoms with van der Waals surface area (Å²) in [4.78, 5) is 15.8. The Morgan fingerprint density at radius 3 is 2.28 bits per heavy atom. The molecule has 1 unspecified atom stereocenters. The van der Waals surface area contributed by atoms with Gasteiger partial charge in [0.2, 0.25) is 5.91 Å². The van der Waals surface area contributed by atoms with E-state index in [2.05, 4.69) is 27.9 Å². The van der Waals surface area contributed by atoms with Crippen LogP contribution in [0.3, 0.4) is 0 Å². The van der Waals surface area contributed by atoms with Crippen LogP contribution in [0, 0.1) is 0 Å². The number of nitrogens with one attached hydrogen (secondary N) is 3. The van der Waals surface area contributed by atoms with E-state index in [1.807, 2.05) is 13.8 Å². The highest BCUT2D eigenvalue weighted by Gasteiger charge is 2.05. The van der Waals surface area contributed by atoms with E-state index in [-0.39, 0.29) is 35.9 Å². The lowest BCUT2D eigenvalue weighted by atomic mass is 10.2. The molecule has 0 aliphatic carbocycles. The maximum absolute atomic E-state index is 11.7. The molecule has 0 bridgehead atoms. The highest BCUT2D eigenvalue weighted by atomic mass is 127. The molecule has 7 nitrogen and oxygen atoms in total. The maximum atomic E-state index is 11.7. The third-order valence-electron chi connectivity index (χ3n) is 3.44. The minimum Gasteiger partial charge on any atom is -0.379 e. The normalized spacial score (nSPS) is 12.2. The summed E-state index contributed by atoms with van der Waals surface area (Å²) in [5, 5.41) is 9.20. The molecular formula is C17H37IN4O3. The van der Waals surface area contributed by atoms with Crippen LogP contribution in [0.4, 0.5) is 0 Å². The number of nitrogens with zero attached hydrogens (tertiary/aromatic N) is 1. The molecule has 0 aromatic heterocycles. The molecule has 1 atom stereocenters. The van der Waals surface area contributed by atoms with Gasteiger partial charge in [0.25, 0.3) is 0 Å². The number of amides is 1. The Morgan fingerprint density at radius 1 is 1.04 bits per heavy atom. The molecule has 0 heterocycles. The predicted octanol–water partition coefficient (Wildman–Crippen LogP) is 1.91. The third-order valence-corrected chi connectivity index (χ3v) is 3.44. The lowest BCUT2D eigenvalue weighted by Crippen LogP contribution is -2.41. The Morgan fingerprint density at radius 2 is 1.68 bits per heavy atom. The first-order chi connectivity index (χ1) is 11.6. The highest BCUT2D eigenvalue weighted by Crippen LogP contribution is 1.89. The van der Waals surface area contributed by atoms with Crippen molar-refractivity contribution in [3.8, 4) is 0 Å². The third kappa shape index (κ3) is 18.0. The molecule has 0 saturated carbocycles. The summed E-state index contributed by atoms with van der Waals surface area (Å²) in [7, 11) is 1.71. The van der Waals surface area contributed by atoms with Crippen LogP contribution >= 0.6 is 24.0 Å². The standard InChI is InChI=1S/C17H36N4O3.HI/c1-5-7-11-23-13-14-24-12-10-20-17(18-4)19-9-8-16(22)21-15(3)6-2;/h15H,5-14H2,1-4H3,(H,21,22)(H2,18,19,20);1H. The van der Waals surface area contributed by atoms with Crippen molar-refractivity contribution in [2.75, 3.05) is 46.6 Å². The molecule has 0 radical (unpaired) electrons. The van der Waals surface area contributed by atoms with Gasteiger partial charge in [-0.25, -0.2) is 0 Å². The van der Waals surface area contributed by atoms with Crippen LogP contribution in [-0.2, 0) is 14.3 Å². The monoisotopic (exact) mass is 472 g/mol. The van der Waals surface area contributed by atoms with Gasteiger partial charge in [0.05, 0.1) is 19.8 Å². The average molecular weight is 472 g/mol. The predicted molar refractivity (Wildman–Crippen MR) is 114 cm³/mol. The number of aliphatic imine (C=N–C) groups is 1. The fourth-order valence-electron chi connectivity index (χ4n) is 1.77. The van der Waals surface area contributed by atoms with Gasteiger partial charge in [-0.05, 0) is 19.8 Å². The summed E-state index contributed by atoms with van der Waals surface area (Å²) in [6.07, 6.45) is 3.61. The zero-order valence-corrected chi connectivity index (χ0v) is 18.6. The van der Waals surface area contributed by atoms with Crippen molar-refractivity contribution in [1.82, 2.24) is 16.0 Å². The number of ether oxygens (including phenoxy) is 2. The van der Waals surface area contributed by atoms with Gasteiger partial charge in [-0.1, -0.05) is 20.3 Å². The molecule has 0 aromatic rings. The van der Waals surface area contributed by atoms with Gasteiger partial charge in [-0.3, -0.25) is 9.79 Å². The van der Waals surface area contributed by atoms with Crippen LogP contribution in [0.25, 0.3) is 0 Å². The summed E-state index contributed by atoms with van der Waals surface area (Å²) in [6.45, 7) is 10.0. The molecule has 8 heteroatoms. The highest BCUT2D eigenvalue weighted by molar-refractivity contribution is 14.0. The molecule has 0 spiro atoms. The van der Waals surface area contributed by atoms with Crippen LogP contribution < -0.4 is 16.0 Å². The Kier molecular flexibility index (Phi) is 21.0. The van der Waals surface area contributed by atoms with Gasteiger partial charge < -0.3 is 25.4 Å². The summed E-state index contributed by atoms with van der Waals surface area (Å²) in [6, 6.07) is 0.220. The van der Waals surface area contributed by atoms with Crippen LogP contribution in [0.1, 0.15) is 46.5 Å². The second-order valence-corrected chi connectivity index (χ2v) is 5.63. The molecule has 0 aromatic carbocycles. The first-order valence-electron chi connectivity index (χ1n) is 9.03. The Labute approximate surface area is 170 Å². The van der Waals surface area contributed by atoms with E-state index >= 15 is 0 Å². The lowest BCUT2D eigenvalue weighted by Gasteiger charge is -2.14. The van der Waals surface area contributed by atoms with E-state index in [1.165, 1.54) is 0 Å². The lowest BCUT2D eigenvalue weighted by molar-refractivity contribution is -0.121. The van der Waals surface area contributed by atoms with Gasteiger partial charge in [0.15, 0.2) is 5.96 Å². The molecule has 150 valence electrons. The first kappa shape index (κ1) is 26.6. The molecule has 0 aliphatic rings. The second kappa shape index (κ2) is 19.7. The SMILES string of the molecule is CCCCOCCOCCNC(=NC)NCCC(=O)NC(C)CC.I. The van der Waals surface area contributed by atoms with Crippen molar-refractivity contribution in [1.29, 1.82) is 0 Å². The van der Waals surface area contributed by atoms with Crippen molar-refractivity contribution in [3.05, 3.63) is 0 Å². The number of unbranched alkanes of at least 4 members (excludes halogenated alkanes) is 1. The quantitative estimate of drug-likeness (QED) is 0.156. The second-order valence-electron chi connectivity index (χ2n) is 5.63. The van der Waals surface area contributed by atoms with E-state index in [0.717, 1.165) is 25.9 Å². The zero-order chi connectivity index (χ0) is 18.0. The number of hydrogen-bond acceptors (Lipinski definition) is 4. The van der Waals surface area contributed by atoms with Gasteiger partial charge in [0, 0.05) is 39.2 Å². The van der Waals surface area contributed by atoms with Crippen LogP contribution in [0.5, 0.6) is 0 Å². The van der Waals surface area contributed by atoms with E-state index in [4.69, 9.17) is 9.47 Å². The van der Waals surface area contributed by atoms with Crippen molar-refractivity contribution < 1.29 is 14.3 Å². The van der Waals surface area contributed by atoms with Gasteiger partial charge in [-0.15, -0.1) is 24.0 Å². The fourth-order valence-corrected chi connectivity index (χ4v) is 1.77. The van der Waals surface area contributed by atoms with Crippen LogP contribution in [0.2, 0.25) is 0 Å². The van der Waals surface area contributed by atoms with E-state index in [1.54, 1.807) is 7.05 Å². The molecule has 1 amide bonds. The molecule has 0 fully saturated rings. The van der Waals surface area contributed by atoms with E-state index < -0.39 is 0 Å². The Hall–Kier alpha value is -0.610. The Balaban J connectivity index is 0. The largest absolute Gasteiger partial charge is 0.379 e. The number of guanidine groups is 1. The van der Waals surface area contributed by atoms with Crippen molar-refractivity contribution in [3.63, 3.8) is 0 Å². The average Bonchev–Trinajstić information content (AvgIpc) is 2.58. The molecule has 3 N–H and O–H groups in total. The minimum absolute atomic E-state index is 0. The molecular weight excluding hydrogens is 435 g/mol. The fraction of sp³-hybridized carbons (Fsp3) is 0.882. The molecule has 0 saturated heterocycles. The smallest absolute Gasteiger partial charge is 0.221 e. The number of hydrogen-bond donors (Lipinski definition) is 3. The molecule has 0 rings (SSSR count). The number of halogens is 1. The van der Waals surface area contributed by atoms with Crippen molar-refractivity contribution in [2.24, 2.45) is 4.99 Å². The van der Waals surface area contributed by atoms with Crippen LogP contribution in [0.15, 0.2) is 4.99 Å². The molecule has 0 aliphatic heterocycles. The summed E-state index contributed by atoms with van der Waals surface area (Å²) < 4.78 is 10.9. The maximum Gasteiger partial charge on any atom is 0.221 e. The van der Waals surface area contributed by atoms with Crippen LogP contribution in [-0.4, -0.2) is 64.5 Å². The summed E-state index contributed by atoms with van der Waals surface area (Å²) in [5.41, 5.74) is 0.